The van der Waals surface area contributed by atoms with E-state index in [-0.39, 0.29) is 5.69 Å². The molecule has 21 heavy (non-hydrogen) atoms. The Labute approximate surface area is 122 Å². The summed E-state index contributed by atoms with van der Waals surface area (Å²) >= 11 is 0. The Kier molecular flexibility index (Phi) is 4.45. The number of Topliss-reactive ketones (excluding diaryl/α,β-unsaturated/α-hetero) is 1. The lowest BCUT2D eigenvalue weighted by Crippen LogP contribution is -2.27. The molecule has 2 atom stereocenters. The number of benzene rings is 2. The molecule has 0 aliphatic rings. The van der Waals surface area contributed by atoms with Crippen LogP contribution >= 0.6 is 0 Å². The maximum Gasteiger partial charge on any atom is 0.273 e. The second kappa shape index (κ2) is 6.28. The summed E-state index contributed by atoms with van der Waals surface area (Å²) in [4.78, 5) is 22.3. The molecule has 0 bridgehead atoms. The summed E-state index contributed by atoms with van der Waals surface area (Å²) < 4.78 is 0. The summed E-state index contributed by atoms with van der Waals surface area (Å²) in [6.45, 7) is 1.27. The van der Waals surface area contributed by atoms with E-state index in [2.05, 4.69) is 0 Å². The quantitative estimate of drug-likeness (QED) is 0.676. The van der Waals surface area contributed by atoms with Crippen LogP contribution in [-0.4, -0.2) is 21.9 Å². The van der Waals surface area contributed by atoms with Gasteiger partial charge in [-0.15, -0.1) is 0 Å². The molecule has 5 heteroatoms. The summed E-state index contributed by atoms with van der Waals surface area (Å²) in [5.41, 5.74) is 0.887. The highest BCUT2D eigenvalue weighted by atomic mass is 16.6. The summed E-state index contributed by atoms with van der Waals surface area (Å²) in [6, 6.07) is 15.0. The molecule has 0 amide bonds. The van der Waals surface area contributed by atoms with Gasteiger partial charge in [-0.1, -0.05) is 48.5 Å². The van der Waals surface area contributed by atoms with Crippen molar-refractivity contribution in [1.82, 2.24) is 0 Å². The van der Waals surface area contributed by atoms with Crippen molar-refractivity contribution in [2.24, 2.45) is 0 Å². The van der Waals surface area contributed by atoms with Crippen molar-refractivity contribution >= 4 is 11.5 Å². The summed E-state index contributed by atoms with van der Waals surface area (Å²) in [6.07, 6.45) is -1.33. The van der Waals surface area contributed by atoms with Gasteiger partial charge in [0.1, 0.15) is 6.10 Å². The number of para-hydroxylation sites is 1. The minimum atomic E-state index is -1.33. The van der Waals surface area contributed by atoms with E-state index in [0.29, 0.717) is 11.1 Å². The van der Waals surface area contributed by atoms with Crippen LogP contribution < -0.4 is 0 Å². The predicted molar refractivity (Wildman–Crippen MR) is 78.1 cm³/mol. The third-order valence-corrected chi connectivity index (χ3v) is 3.36. The molecule has 2 unspecified atom stereocenters. The normalized spacial score (nSPS) is 13.4. The van der Waals surface area contributed by atoms with Crippen LogP contribution in [0.15, 0.2) is 54.6 Å². The van der Waals surface area contributed by atoms with E-state index >= 15 is 0 Å². The lowest BCUT2D eigenvalue weighted by Gasteiger charge is -2.21. The first kappa shape index (κ1) is 14.9. The standard InChI is InChI=1S/C16H15NO4/c1-11(18)16(19)15(12-7-3-2-4-8-12)13-9-5-6-10-14(13)17(20)21/h2-10,15-16,19H,1H3. The first-order valence-corrected chi connectivity index (χ1v) is 6.49. The van der Waals surface area contributed by atoms with E-state index in [9.17, 15) is 20.0 Å². The molecule has 2 aromatic carbocycles. The molecule has 2 rings (SSSR count). The molecule has 0 fully saturated rings. The zero-order chi connectivity index (χ0) is 15.4. The molecule has 5 nitrogen and oxygen atoms in total. The van der Waals surface area contributed by atoms with Crippen LogP contribution in [0, 0.1) is 10.1 Å². The van der Waals surface area contributed by atoms with Gasteiger partial charge >= 0.3 is 0 Å². The van der Waals surface area contributed by atoms with Crippen LogP contribution in [0.3, 0.4) is 0 Å². The summed E-state index contributed by atoms with van der Waals surface area (Å²) in [5, 5.41) is 21.4. The molecule has 0 radical (unpaired) electrons. The molecule has 0 aliphatic heterocycles. The molecule has 0 aliphatic carbocycles. The van der Waals surface area contributed by atoms with Crippen molar-refractivity contribution in [1.29, 1.82) is 0 Å². The van der Waals surface area contributed by atoms with E-state index < -0.39 is 22.7 Å². The monoisotopic (exact) mass is 285 g/mol. The average Bonchev–Trinajstić information content (AvgIpc) is 2.48. The number of rotatable bonds is 5. The summed E-state index contributed by atoms with van der Waals surface area (Å²) in [7, 11) is 0. The number of hydrogen-bond acceptors (Lipinski definition) is 4. The smallest absolute Gasteiger partial charge is 0.273 e. The Morgan fingerprint density at radius 2 is 1.67 bits per heavy atom. The van der Waals surface area contributed by atoms with Gasteiger partial charge in [0.2, 0.25) is 0 Å². The van der Waals surface area contributed by atoms with Crippen molar-refractivity contribution in [3.05, 3.63) is 75.8 Å². The van der Waals surface area contributed by atoms with Crippen LogP contribution in [0.5, 0.6) is 0 Å². The highest BCUT2D eigenvalue weighted by Gasteiger charge is 2.31. The van der Waals surface area contributed by atoms with Crippen molar-refractivity contribution < 1.29 is 14.8 Å². The van der Waals surface area contributed by atoms with Crippen molar-refractivity contribution in [2.45, 2.75) is 18.9 Å². The molecule has 0 saturated heterocycles. The Balaban J connectivity index is 2.61. The van der Waals surface area contributed by atoms with E-state index in [1.54, 1.807) is 48.5 Å². The Morgan fingerprint density at radius 1 is 1.10 bits per heavy atom. The third-order valence-electron chi connectivity index (χ3n) is 3.36. The lowest BCUT2D eigenvalue weighted by atomic mass is 9.84. The highest BCUT2D eigenvalue weighted by molar-refractivity contribution is 5.82. The average molecular weight is 285 g/mol. The van der Waals surface area contributed by atoms with Gasteiger partial charge in [0.25, 0.3) is 5.69 Å². The number of nitro benzene ring substituents is 1. The fourth-order valence-electron chi connectivity index (χ4n) is 2.34. The second-order valence-corrected chi connectivity index (χ2v) is 4.76. The largest absolute Gasteiger partial charge is 0.384 e. The number of carbonyl (C=O) groups is 1. The molecular weight excluding hydrogens is 270 g/mol. The number of aliphatic hydroxyl groups excluding tert-OH is 1. The van der Waals surface area contributed by atoms with Crippen molar-refractivity contribution in [2.75, 3.05) is 0 Å². The van der Waals surface area contributed by atoms with Crippen molar-refractivity contribution in [3.8, 4) is 0 Å². The topological polar surface area (TPSA) is 80.4 Å². The highest BCUT2D eigenvalue weighted by Crippen LogP contribution is 2.34. The zero-order valence-corrected chi connectivity index (χ0v) is 11.5. The maximum absolute atomic E-state index is 11.6. The van der Waals surface area contributed by atoms with Crippen molar-refractivity contribution in [3.63, 3.8) is 0 Å². The first-order valence-electron chi connectivity index (χ1n) is 6.49. The minimum Gasteiger partial charge on any atom is -0.384 e. The van der Waals surface area contributed by atoms with Gasteiger partial charge in [0.05, 0.1) is 4.92 Å². The molecule has 1 N–H and O–H groups in total. The van der Waals surface area contributed by atoms with Crippen LogP contribution in [0.25, 0.3) is 0 Å². The fraction of sp³-hybridized carbons (Fsp3) is 0.188. The number of nitro groups is 1. The molecular formula is C16H15NO4. The second-order valence-electron chi connectivity index (χ2n) is 4.76. The van der Waals surface area contributed by atoms with E-state index in [1.165, 1.54) is 13.0 Å². The van der Waals surface area contributed by atoms with Crippen LogP contribution in [0.1, 0.15) is 24.0 Å². The fourth-order valence-corrected chi connectivity index (χ4v) is 2.34. The number of carbonyl (C=O) groups excluding carboxylic acids is 1. The molecule has 0 aromatic heterocycles. The molecule has 0 saturated carbocycles. The Hall–Kier alpha value is -2.53. The van der Waals surface area contributed by atoms with Gasteiger partial charge in [-0.2, -0.15) is 0 Å². The van der Waals surface area contributed by atoms with Gasteiger partial charge in [-0.3, -0.25) is 14.9 Å². The van der Waals surface area contributed by atoms with Gasteiger partial charge in [0, 0.05) is 17.5 Å². The SMILES string of the molecule is CC(=O)C(O)C(c1ccccc1)c1ccccc1[N+](=O)[O-]. The van der Waals surface area contributed by atoms with Gasteiger partial charge < -0.3 is 5.11 Å². The zero-order valence-electron chi connectivity index (χ0n) is 11.5. The molecule has 108 valence electrons. The Bertz CT molecular complexity index is 654. The molecule has 0 spiro atoms. The molecule has 2 aromatic rings. The van der Waals surface area contributed by atoms with Crippen LogP contribution in [0.4, 0.5) is 5.69 Å². The predicted octanol–water partition coefficient (Wildman–Crippen LogP) is 2.68. The maximum atomic E-state index is 11.6. The minimum absolute atomic E-state index is 0.105. The van der Waals surface area contributed by atoms with Crippen LogP contribution in [-0.2, 0) is 4.79 Å². The van der Waals surface area contributed by atoms with E-state index in [0.717, 1.165) is 0 Å². The van der Waals surface area contributed by atoms with Gasteiger partial charge in [0.15, 0.2) is 5.78 Å². The molecule has 0 heterocycles. The van der Waals surface area contributed by atoms with Crippen LogP contribution in [0.2, 0.25) is 0 Å². The lowest BCUT2D eigenvalue weighted by molar-refractivity contribution is -0.385. The summed E-state index contributed by atoms with van der Waals surface area (Å²) in [5.74, 6) is -1.19. The van der Waals surface area contributed by atoms with E-state index in [4.69, 9.17) is 0 Å². The van der Waals surface area contributed by atoms with Gasteiger partial charge in [-0.05, 0) is 12.5 Å². The number of aliphatic hydroxyl groups is 1. The number of ketones is 1. The van der Waals surface area contributed by atoms with Gasteiger partial charge in [-0.25, -0.2) is 0 Å². The third kappa shape index (κ3) is 3.14. The Morgan fingerprint density at radius 3 is 2.24 bits per heavy atom. The number of nitrogens with zero attached hydrogens (tertiary/aromatic N) is 1. The first-order chi connectivity index (χ1) is 10.0. The number of hydrogen-bond donors (Lipinski definition) is 1. The van der Waals surface area contributed by atoms with E-state index in [1.807, 2.05) is 0 Å².